The molecule has 2 N–H and O–H groups in total. The van der Waals surface area contributed by atoms with Gasteiger partial charge in [0.1, 0.15) is 0 Å². The average molecular weight is 341 g/mol. The summed E-state index contributed by atoms with van der Waals surface area (Å²) in [5.41, 5.74) is 1.04. The second-order valence-corrected chi connectivity index (χ2v) is 7.90. The van der Waals surface area contributed by atoms with E-state index in [1.54, 1.807) is 12.1 Å². The molecule has 0 amide bonds. The molecule has 7 heteroatoms. The molecule has 1 heterocycles. The molecule has 1 fully saturated rings. The number of nitrogens with zero attached hydrogens (tertiary/aromatic N) is 2. The molecule has 0 atom stereocenters. The highest BCUT2D eigenvalue weighted by Crippen LogP contribution is 2.18. The highest BCUT2D eigenvalue weighted by Gasteiger charge is 2.17. The number of nitrogens with two attached hydrogens (primary N) is 1. The van der Waals surface area contributed by atoms with Crippen LogP contribution in [0, 0.1) is 5.92 Å². The molecule has 6 nitrogen and oxygen atoms in total. The lowest BCUT2D eigenvalue weighted by molar-refractivity contribution is 0.0838. The van der Waals surface area contributed by atoms with Crippen LogP contribution in [-0.2, 0) is 14.8 Å². The van der Waals surface area contributed by atoms with E-state index in [4.69, 9.17) is 9.88 Å². The summed E-state index contributed by atoms with van der Waals surface area (Å²) in [5, 5.41) is 5.12. The van der Waals surface area contributed by atoms with Crippen molar-refractivity contribution < 1.29 is 13.2 Å². The number of rotatable bonds is 7. The average Bonchev–Trinajstić information content (AvgIpc) is 2.51. The van der Waals surface area contributed by atoms with Crippen LogP contribution in [-0.4, -0.2) is 59.3 Å². The van der Waals surface area contributed by atoms with Crippen molar-refractivity contribution in [2.75, 3.05) is 50.8 Å². The molecule has 0 aliphatic carbocycles. The van der Waals surface area contributed by atoms with Gasteiger partial charge in [0, 0.05) is 45.0 Å². The first-order valence-corrected chi connectivity index (χ1v) is 9.59. The maximum absolute atomic E-state index is 11.3. The lowest BCUT2D eigenvalue weighted by Gasteiger charge is -2.36. The van der Waals surface area contributed by atoms with Gasteiger partial charge in [-0.05, 0) is 30.2 Å². The summed E-state index contributed by atoms with van der Waals surface area (Å²) in [6.07, 6.45) is 0. The summed E-state index contributed by atoms with van der Waals surface area (Å²) < 4.78 is 28.2. The minimum Gasteiger partial charge on any atom is -0.380 e. The second-order valence-electron chi connectivity index (χ2n) is 6.34. The van der Waals surface area contributed by atoms with Crippen LogP contribution in [0.5, 0.6) is 0 Å². The van der Waals surface area contributed by atoms with Gasteiger partial charge in [-0.25, -0.2) is 13.6 Å². The molecule has 1 saturated heterocycles. The predicted octanol–water partition coefficient (Wildman–Crippen LogP) is 1.13. The summed E-state index contributed by atoms with van der Waals surface area (Å²) in [6, 6.07) is 6.77. The fraction of sp³-hybridized carbons (Fsp3) is 0.625. The van der Waals surface area contributed by atoms with E-state index >= 15 is 0 Å². The molecule has 0 saturated carbocycles. The van der Waals surface area contributed by atoms with Gasteiger partial charge in [-0.2, -0.15) is 0 Å². The van der Waals surface area contributed by atoms with Crippen LogP contribution in [0.3, 0.4) is 0 Å². The summed E-state index contributed by atoms with van der Waals surface area (Å²) in [5.74, 6) is 0.576. The van der Waals surface area contributed by atoms with E-state index in [1.807, 2.05) is 12.1 Å². The predicted molar refractivity (Wildman–Crippen MR) is 92.1 cm³/mol. The minimum atomic E-state index is -3.62. The zero-order valence-electron chi connectivity index (χ0n) is 13.9. The van der Waals surface area contributed by atoms with E-state index in [0.717, 1.165) is 51.6 Å². The first-order valence-electron chi connectivity index (χ1n) is 8.04. The number of ether oxygens (including phenoxy) is 1. The van der Waals surface area contributed by atoms with Crippen molar-refractivity contribution >= 4 is 15.7 Å². The smallest absolute Gasteiger partial charge is 0.238 e. The van der Waals surface area contributed by atoms with Crippen LogP contribution in [0.15, 0.2) is 29.2 Å². The number of anilines is 1. The Morgan fingerprint density at radius 3 is 2.26 bits per heavy atom. The van der Waals surface area contributed by atoms with E-state index in [0.29, 0.717) is 5.92 Å². The third-order valence-corrected chi connectivity index (χ3v) is 4.83. The molecule has 1 aliphatic rings. The van der Waals surface area contributed by atoms with Crippen LogP contribution >= 0.6 is 0 Å². The normalized spacial score (nSPS) is 17.0. The third kappa shape index (κ3) is 5.76. The monoisotopic (exact) mass is 341 g/mol. The van der Waals surface area contributed by atoms with Crippen LogP contribution < -0.4 is 10.0 Å². The fourth-order valence-electron chi connectivity index (χ4n) is 2.59. The Labute approximate surface area is 139 Å². The van der Waals surface area contributed by atoms with Gasteiger partial charge in [0.25, 0.3) is 0 Å². The minimum absolute atomic E-state index is 0.155. The SMILES string of the molecule is CC(C)COCCN1CCN(c2ccc(S(N)(=O)=O)cc2)CC1. The Morgan fingerprint density at radius 1 is 1.13 bits per heavy atom. The second kappa shape index (κ2) is 8.10. The molecule has 1 aliphatic heterocycles. The lowest BCUT2D eigenvalue weighted by Crippen LogP contribution is -2.47. The molecule has 23 heavy (non-hydrogen) atoms. The van der Waals surface area contributed by atoms with Crippen molar-refractivity contribution in [3.05, 3.63) is 24.3 Å². The van der Waals surface area contributed by atoms with Crippen LogP contribution in [0.1, 0.15) is 13.8 Å². The van der Waals surface area contributed by atoms with Gasteiger partial charge in [-0.15, -0.1) is 0 Å². The quantitative estimate of drug-likeness (QED) is 0.753. The molecular weight excluding hydrogens is 314 g/mol. The van der Waals surface area contributed by atoms with Crippen LogP contribution in [0.25, 0.3) is 0 Å². The zero-order chi connectivity index (χ0) is 16.9. The first kappa shape index (κ1) is 18.2. The molecular formula is C16H27N3O3S. The van der Waals surface area contributed by atoms with Gasteiger partial charge in [0.2, 0.25) is 10.0 Å². The summed E-state index contributed by atoms with van der Waals surface area (Å²) in [4.78, 5) is 4.82. The van der Waals surface area contributed by atoms with Gasteiger partial charge >= 0.3 is 0 Å². The standard InChI is InChI=1S/C16H27N3O3S/c1-14(2)13-22-12-11-18-7-9-19(10-8-18)15-3-5-16(6-4-15)23(17,20)21/h3-6,14H,7-13H2,1-2H3,(H2,17,20,21). The largest absolute Gasteiger partial charge is 0.380 e. The molecule has 2 rings (SSSR count). The van der Waals surface area contributed by atoms with Crippen molar-refractivity contribution in [2.24, 2.45) is 11.1 Å². The zero-order valence-corrected chi connectivity index (χ0v) is 14.8. The Balaban J connectivity index is 1.78. The molecule has 130 valence electrons. The summed E-state index contributed by atoms with van der Waals surface area (Å²) in [7, 11) is -3.62. The maximum atomic E-state index is 11.3. The number of hydrogen-bond acceptors (Lipinski definition) is 5. The van der Waals surface area contributed by atoms with E-state index in [9.17, 15) is 8.42 Å². The van der Waals surface area contributed by atoms with E-state index in [1.165, 1.54) is 0 Å². The van der Waals surface area contributed by atoms with Crippen molar-refractivity contribution in [2.45, 2.75) is 18.7 Å². The van der Waals surface area contributed by atoms with Gasteiger partial charge < -0.3 is 9.64 Å². The topological polar surface area (TPSA) is 75.9 Å². The molecule has 1 aromatic carbocycles. The number of piperazine rings is 1. The van der Waals surface area contributed by atoms with Gasteiger partial charge in [0.15, 0.2) is 0 Å². The van der Waals surface area contributed by atoms with Crippen molar-refractivity contribution in [1.82, 2.24) is 4.90 Å². The number of benzene rings is 1. The number of primary sulfonamides is 1. The Morgan fingerprint density at radius 2 is 1.74 bits per heavy atom. The Kier molecular flexibility index (Phi) is 6.41. The highest BCUT2D eigenvalue weighted by molar-refractivity contribution is 7.89. The van der Waals surface area contributed by atoms with Gasteiger partial charge in [0.05, 0.1) is 11.5 Å². The third-order valence-electron chi connectivity index (χ3n) is 3.91. The van der Waals surface area contributed by atoms with Gasteiger partial charge in [-0.3, -0.25) is 4.90 Å². The Hall–Kier alpha value is -1.15. The lowest BCUT2D eigenvalue weighted by atomic mass is 10.2. The van der Waals surface area contributed by atoms with Crippen molar-refractivity contribution in [3.63, 3.8) is 0 Å². The van der Waals surface area contributed by atoms with E-state index < -0.39 is 10.0 Å². The number of hydrogen-bond donors (Lipinski definition) is 1. The van der Waals surface area contributed by atoms with Crippen LogP contribution in [0.2, 0.25) is 0 Å². The van der Waals surface area contributed by atoms with Crippen molar-refractivity contribution in [3.8, 4) is 0 Å². The van der Waals surface area contributed by atoms with Gasteiger partial charge in [-0.1, -0.05) is 13.8 Å². The van der Waals surface area contributed by atoms with Crippen molar-refractivity contribution in [1.29, 1.82) is 0 Å². The highest BCUT2D eigenvalue weighted by atomic mass is 32.2. The molecule has 0 aromatic heterocycles. The molecule has 0 unspecified atom stereocenters. The Bertz CT molecular complexity index is 579. The van der Waals surface area contributed by atoms with E-state index in [2.05, 4.69) is 23.6 Å². The summed E-state index contributed by atoms with van der Waals surface area (Å²) >= 11 is 0. The molecule has 0 spiro atoms. The molecule has 0 bridgehead atoms. The maximum Gasteiger partial charge on any atom is 0.238 e. The molecule has 1 aromatic rings. The molecule has 0 radical (unpaired) electrons. The fourth-order valence-corrected chi connectivity index (χ4v) is 3.10. The number of sulfonamides is 1. The first-order chi connectivity index (χ1) is 10.9. The summed E-state index contributed by atoms with van der Waals surface area (Å²) in [6.45, 7) is 10.7. The van der Waals surface area contributed by atoms with E-state index in [-0.39, 0.29) is 4.90 Å². The van der Waals surface area contributed by atoms with Crippen LogP contribution in [0.4, 0.5) is 5.69 Å².